The molecule has 0 aliphatic heterocycles. The van der Waals surface area contributed by atoms with Crippen LogP contribution < -0.4 is 5.32 Å². The number of hydrogen-bond donors (Lipinski definition) is 1. The number of nitro groups is 1. The predicted molar refractivity (Wildman–Crippen MR) is 119 cm³/mol. The highest BCUT2D eigenvalue weighted by molar-refractivity contribution is 14.1. The molecule has 0 saturated heterocycles. The molecule has 9 heteroatoms. The zero-order valence-electron chi connectivity index (χ0n) is 14.7. The summed E-state index contributed by atoms with van der Waals surface area (Å²) in [6.45, 7) is 1.58. The monoisotopic (exact) mass is 507 g/mol. The maximum atomic E-state index is 10.6. The zero-order chi connectivity index (χ0) is 18.9. The van der Waals surface area contributed by atoms with Crippen molar-refractivity contribution < 1.29 is 9.34 Å². The van der Waals surface area contributed by atoms with Crippen LogP contribution in [0.1, 0.15) is 11.3 Å². The summed E-state index contributed by atoms with van der Waals surface area (Å²) in [6.07, 6.45) is 2.83. The highest BCUT2D eigenvalue weighted by Gasteiger charge is 2.08. The molecule has 6 nitrogen and oxygen atoms in total. The first kappa shape index (κ1) is 21.4. The molecule has 0 saturated carbocycles. The molecule has 0 bridgehead atoms. The van der Waals surface area contributed by atoms with E-state index in [-0.39, 0.29) is 0 Å². The van der Waals surface area contributed by atoms with Crippen LogP contribution in [0.3, 0.4) is 0 Å². The Morgan fingerprint density at radius 1 is 1.46 bits per heavy atom. The van der Waals surface area contributed by atoms with E-state index in [2.05, 4.69) is 65.1 Å². The molecule has 1 heterocycles. The molecule has 0 aliphatic carbocycles. The van der Waals surface area contributed by atoms with Crippen LogP contribution in [-0.4, -0.2) is 40.0 Å². The van der Waals surface area contributed by atoms with Crippen LogP contribution >= 0.6 is 46.1 Å². The number of furan rings is 1. The Kier molecular flexibility index (Phi) is 9.09. The van der Waals surface area contributed by atoms with Crippen molar-refractivity contribution in [2.45, 2.75) is 12.3 Å². The third-order valence-electron chi connectivity index (χ3n) is 3.46. The van der Waals surface area contributed by atoms with Gasteiger partial charge in [0.15, 0.2) is 0 Å². The first-order valence-corrected chi connectivity index (χ1v) is 11.7. The summed E-state index contributed by atoms with van der Waals surface area (Å²) in [7, 11) is 4.11. The van der Waals surface area contributed by atoms with Crippen molar-refractivity contribution >= 4 is 56.9 Å². The van der Waals surface area contributed by atoms with Crippen LogP contribution in [-0.2, 0) is 12.3 Å². The largest absolute Gasteiger partial charge is 0.467 e. The summed E-state index contributed by atoms with van der Waals surface area (Å²) in [5, 5.41) is 16.6. The van der Waals surface area contributed by atoms with Crippen molar-refractivity contribution in [3.05, 3.63) is 57.1 Å². The molecule has 26 heavy (non-hydrogen) atoms. The predicted octanol–water partition coefficient (Wildman–Crippen LogP) is 4.52. The SMILES string of the molecule is CN(C)Cc1ccc2coc(CSCCNC(=C[N+](=O)[O-])SCI)c2c1. The van der Waals surface area contributed by atoms with Crippen LogP contribution in [0.25, 0.3) is 10.8 Å². The minimum atomic E-state index is -0.422. The molecule has 0 spiro atoms. The van der Waals surface area contributed by atoms with Gasteiger partial charge in [0.2, 0.25) is 0 Å². The van der Waals surface area contributed by atoms with Crippen LogP contribution in [0.2, 0.25) is 0 Å². The van der Waals surface area contributed by atoms with Gasteiger partial charge >= 0.3 is 0 Å². The molecular formula is C17H22IN3O3S2. The van der Waals surface area contributed by atoms with E-state index in [0.717, 1.165) is 39.2 Å². The number of benzene rings is 1. The summed E-state index contributed by atoms with van der Waals surface area (Å²) < 4.78 is 6.50. The van der Waals surface area contributed by atoms with Gasteiger partial charge in [-0.1, -0.05) is 46.5 Å². The van der Waals surface area contributed by atoms with Gasteiger partial charge in [0, 0.05) is 29.6 Å². The fourth-order valence-electron chi connectivity index (χ4n) is 2.42. The van der Waals surface area contributed by atoms with Gasteiger partial charge in [0.05, 0.1) is 20.7 Å². The minimum absolute atomic E-state index is 0.422. The van der Waals surface area contributed by atoms with Gasteiger partial charge in [0.1, 0.15) is 10.8 Å². The van der Waals surface area contributed by atoms with Crippen LogP contribution in [0.15, 0.2) is 40.1 Å². The van der Waals surface area contributed by atoms with E-state index in [1.807, 2.05) is 0 Å². The summed E-state index contributed by atoms with van der Waals surface area (Å²) >= 11 is 5.36. The summed E-state index contributed by atoms with van der Waals surface area (Å²) in [5.74, 6) is 2.61. The molecule has 1 aromatic heterocycles. The number of nitrogens with zero attached hydrogens (tertiary/aromatic N) is 2. The molecule has 142 valence electrons. The number of alkyl halides is 1. The van der Waals surface area contributed by atoms with E-state index in [0.29, 0.717) is 11.6 Å². The molecule has 0 amide bonds. The lowest BCUT2D eigenvalue weighted by atomic mass is 10.1. The quantitative estimate of drug-likeness (QED) is 0.158. The molecule has 0 radical (unpaired) electrons. The van der Waals surface area contributed by atoms with Gasteiger partial charge in [-0.25, -0.2) is 0 Å². The molecule has 1 N–H and O–H groups in total. The Bertz CT molecular complexity index is 765. The highest BCUT2D eigenvalue weighted by Crippen LogP contribution is 2.26. The number of nitrogens with one attached hydrogen (secondary N) is 1. The molecule has 0 fully saturated rings. The Balaban J connectivity index is 1.86. The lowest BCUT2D eigenvalue weighted by Crippen LogP contribution is -2.16. The van der Waals surface area contributed by atoms with E-state index < -0.39 is 4.92 Å². The van der Waals surface area contributed by atoms with E-state index in [9.17, 15) is 10.1 Å². The second-order valence-electron chi connectivity index (χ2n) is 5.83. The van der Waals surface area contributed by atoms with Crippen LogP contribution in [0.5, 0.6) is 0 Å². The van der Waals surface area contributed by atoms with Gasteiger partial charge in [0.25, 0.3) is 6.20 Å². The van der Waals surface area contributed by atoms with Crippen molar-refractivity contribution in [1.29, 1.82) is 0 Å². The molecular weight excluding hydrogens is 485 g/mol. The third-order valence-corrected chi connectivity index (χ3v) is 6.02. The molecule has 0 atom stereocenters. The van der Waals surface area contributed by atoms with E-state index >= 15 is 0 Å². The second kappa shape index (κ2) is 11.1. The number of thioether (sulfide) groups is 2. The normalized spacial score (nSPS) is 12.1. The second-order valence-corrected chi connectivity index (χ2v) is 9.75. The lowest BCUT2D eigenvalue weighted by Gasteiger charge is -2.09. The first-order valence-electron chi connectivity index (χ1n) is 7.99. The van der Waals surface area contributed by atoms with Gasteiger partial charge in [-0.2, -0.15) is 11.8 Å². The average molecular weight is 507 g/mol. The fraction of sp³-hybridized carbons (Fsp3) is 0.412. The molecule has 0 aliphatic rings. The third kappa shape index (κ3) is 7.01. The molecule has 2 rings (SSSR count). The van der Waals surface area contributed by atoms with E-state index in [4.69, 9.17) is 4.42 Å². The zero-order valence-corrected chi connectivity index (χ0v) is 18.5. The number of fused-ring (bicyclic) bond motifs is 1. The fourth-order valence-corrected chi connectivity index (χ4v) is 4.71. The van der Waals surface area contributed by atoms with Crippen molar-refractivity contribution in [3.63, 3.8) is 0 Å². The van der Waals surface area contributed by atoms with Crippen molar-refractivity contribution in [3.8, 4) is 0 Å². The maximum Gasteiger partial charge on any atom is 0.264 e. The van der Waals surface area contributed by atoms with Crippen LogP contribution in [0, 0.1) is 10.1 Å². The van der Waals surface area contributed by atoms with Gasteiger partial charge < -0.3 is 14.6 Å². The van der Waals surface area contributed by atoms with Crippen molar-refractivity contribution in [2.75, 3.05) is 30.2 Å². The van der Waals surface area contributed by atoms with Crippen molar-refractivity contribution in [1.82, 2.24) is 10.2 Å². The van der Waals surface area contributed by atoms with Gasteiger partial charge in [-0.3, -0.25) is 10.1 Å². The first-order chi connectivity index (χ1) is 12.5. The highest BCUT2D eigenvalue weighted by atomic mass is 127. The summed E-state index contributed by atoms with van der Waals surface area (Å²) in [5.41, 5.74) is 1.27. The topological polar surface area (TPSA) is 71.5 Å². The summed E-state index contributed by atoms with van der Waals surface area (Å²) in [4.78, 5) is 12.3. The lowest BCUT2D eigenvalue weighted by molar-refractivity contribution is -0.403. The van der Waals surface area contributed by atoms with E-state index in [1.165, 1.54) is 22.7 Å². The smallest absolute Gasteiger partial charge is 0.264 e. The van der Waals surface area contributed by atoms with E-state index in [1.54, 1.807) is 18.0 Å². The Morgan fingerprint density at radius 2 is 2.27 bits per heavy atom. The molecule has 2 aromatic rings. The number of halogens is 1. The summed E-state index contributed by atoms with van der Waals surface area (Å²) in [6, 6.07) is 6.43. The minimum Gasteiger partial charge on any atom is -0.467 e. The molecule has 0 unspecified atom stereocenters. The van der Waals surface area contributed by atoms with Gasteiger partial charge in [-0.15, -0.1) is 0 Å². The Morgan fingerprint density at radius 3 is 2.96 bits per heavy atom. The maximum absolute atomic E-state index is 10.6. The van der Waals surface area contributed by atoms with Crippen LogP contribution in [0.4, 0.5) is 0 Å². The Labute approximate surface area is 175 Å². The number of hydrogen-bond acceptors (Lipinski definition) is 7. The standard InChI is InChI=1S/C17H22IN3O3S2/c1-20(2)8-13-3-4-14-10-24-16(15(14)7-13)11-25-6-5-19-17(26-12-18)9-21(22)23/h3-4,7,9-10,19H,5-6,8,11-12H2,1-2H3. The molecule has 1 aromatic carbocycles. The Hall–Kier alpha value is -0.910. The number of rotatable bonds is 11. The van der Waals surface area contributed by atoms with Gasteiger partial charge in [-0.05, 0) is 25.7 Å². The van der Waals surface area contributed by atoms with Crippen molar-refractivity contribution in [2.24, 2.45) is 0 Å². The average Bonchev–Trinajstić information content (AvgIpc) is 2.96.